The third-order valence-corrected chi connectivity index (χ3v) is 7.02. The van der Waals surface area contributed by atoms with Crippen LogP contribution in [0.25, 0.3) is 10.2 Å². The van der Waals surface area contributed by atoms with Gasteiger partial charge in [0.05, 0.1) is 5.39 Å². The summed E-state index contributed by atoms with van der Waals surface area (Å²) in [4.78, 5) is 28.1. The Morgan fingerprint density at radius 1 is 1.41 bits per heavy atom. The molecule has 3 aromatic rings. The summed E-state index contributed by atoms with van der Waals surface area (Å²) in [6, 6.07) is 5.21. The monoisotopic (exact) mass is 410 g/mol. The van der Waals surface area contributed by atoms with Crippen LogP contribution in [0.2, 0.25) is 0 Å². The van der Waals surface area contributed by atoms with Crippen molar-refractivity contribution in [3.8, 4) is 0 Å². The lowest BCUT2D eigenvalue weighted by Crippen LogP contribution is -2.34. The maximum Gasteiger partial charge on any atom is 0.279 e. The number of para-hydroxylation sites is 1. The second-order valence-electron chi connectivity index (χ2n) is 8.00. The standard InChI is InChI=1S/C22H26N4O2S/c1-5-15-8-6-7-13(3)19(15)23-20(27)14(4)26-22(28)18-16-10-9-12(2)11-17(16)29-21(18)24-25-26/h6-8,12,14H,5,9-11H2,1-4H3,(H,23,27)/t12-,14+/m0/s1. The average Bonchev–Trinajstić information content (AvgIpc) is 3.07. The Labute approximate surface area is 173 Å². The van der Waals surface area contributed by atoms with Gasteiger partial charge in [0.2, 0.25) is 5.91 Å². The lowest BCUT2D eigenvalue weighted by Gasteiger charge is -2.18. The van der Waals surface area contributed by atoms with Crippen LogP contribution in [0.1, 0.15) is 54.8 Å². The van der Waals surface area contributed by atoms with Gasteiger partial charge in [-0.2, -0.15) is 4.68 Å². The minimum absolute atomic E-state index is 0.217. The number of aromatic nitrogens is 3. The van der Waals surface area contributed by atoms with Gasteiger partial charge in [-0.1, -0.05) is 37.3 Å². The largest absolute Gasteiger partial charge is 0.324 e. The number of thiophene rings is 1. The van der Waals surface area contributed by atoms with Crippen LogP contribution in [0.15, 0.2) is 23.0 Å². The number of nitrogens with zero attached hydrogens (tertiary/aromatic N) is 3. The van der Waals surface area contributed by atoms with Crippen molar-refractivity contribution in [3.05, 3.63) is 50.1 Å². The number of rotatable bonds is 4. The van der Waals surface area contributed by atoms with Gasteiger partial charge in [0.1, 0.15) is 6.04 Å². The minimum atomic E-state index is -0.748. The SMILES string of the molecule is CCc1cccc(C)c1NC(=O)[C@@H](C)n1nnc2sc3c(c2c1=O)CC[C@H](C)C3. The van der Waals surface area contributed by atoms with Crippen molar-refractivity contribution >= 4 is 33.1 Å². The van der Waals surface area contributed by atoms with E-state index < -0.39 is 6.04 Å². The summed E-state index contributed by atoms with van der Waals surface area (Å²) in [6.45, 7) is 7.95. The van der Waals surface area contributed by atoms with Crippen molar-refractivity contribution in [1.29, 1.82) is 0 Å². The number of nitrogens with one attached hydrogen (secondary N) is 1. The molecule has 1 aliphatic carbocycles. The number of amides is 1. The topological polar surface area (TPSA) is 76.9 Å². The van der Waals surface area contributed by atoms with E-state index in [1.807, 2.05) is 25.1 Å². The van der Waals surface area contributed by atoms with Crippen LogP contribution < -0.4 is 10.9 Å². The first-order valence-corrected chi connectivity index (χ1v) is 11.0. The summed E-state index contributed by atoms with van der Waals surface area (Å²) < 4.78 is 1.23. The second-order valence-corrected chi connectivity index (χ2v) is 9.08. The molecule has 0 fully saturated rings. The van der Waals surface area contributed by atoms with E-state index in [1.165, 1.54) is 9.56 Å². The molecule has 1 N–H and O–H groups in total. The third-order valence-electron chi connectivity index (χ3n) is 5.88. The molecule has 1 amide bonds. The Balaban J connectivity index is 1.69. The highest BCUT2D eigenvalue weighted by molar-refractivity contribution is 7.18. The molecule has 0 saturated heterocycles. The maximum absolute atomic E-state index is 13.2. The van der Waals surface area contributed by atoms with Crippen LogP contribution >= 0.6 is 11.3 Å². The number of hydrogen-bond donors (Lipinski definition) is 1. The fourth-order valence-electron chi connectivity index (χ4n) is 4.07. The Hall–Kier alpha value is -2.54. The lowest BCUT2D eigenvalue weighted by molar-refractivity contribution is -0.119. The third kappa shape index (κ3) is 3.48. The van der Waals surface area contributed by atoms with Crippen LogP contribution in [-0.2, 0) is 24.1 Å². The molecule has 2 atom stereocenters. The number of benzene rings is 1. The summed E-state index contributed by atoms with van der Waals surface area (Å²) in [5.74, 6) is 0.361. The lowest BCUT2D eigenvalue weighted by atomic mass is 9.89. The predicted octanol–water partition coefficient (Wildman–Crippen LogP) is 4.05. The Morgan fingerprint density at radius 2 is 2.21 bits per heavy atom. The van der Waals surface area contributed by atoms with E-state index in [0.29, 0.717) is 16.1 Å². The average molecular weight is 411 g/mol. The molecular formula is C22H26N4O2S. The molecular weight excluding hydrogens is 384 g/mol. The number of hydrogen-bond acceptors (Lipinski definition) is 5. The first-order valence-electron chi connectivity index (χ1n) is 10.2. The Kier molecular flexibility index (Phi) is 5.25. The van der Waals surface area contributed by atoms with E-state index in [9.17, 15) is 9.59 Å². The van der Waals surface area contributed by atoms with Gasteiger partial charge < -0.3 is 5.32 Å². The van der Waals surface area contributed by atoms with Gasteiger partial charge >= 0.3 is 0 Å². The van der Waals surface area contributed by atoms with E-state index >= 15 is 0 Å². The van der Waals surface area contributed by atoms with Crippen molar-refractivity contribution in [2.45, 2.75) is 59.4 Å². The van der Waals surface area contributed by atoms with E-state index in [-0.39, 0.29) is 11.5 Å². The molecule has 152 valence electrons. The quantitative estimate of drug-likeness (QED) is 0.704. The number of aryl methyl sites for hydroxylation is 3. The van der Waals surface area contributed by atoms with Crippen molar-refractivity contribution < 1.29 is 4.79 Å². The molecule has 0 spiro atoms. The van der Waals surface area contributed by atoms with Crippen LogP contribution in [-0.4, -0.2) is 20.9 Å². The van der Waals surface area contributed by atoms with Crippen molar-refractivity contribution in [1.82, 2.24) is 15.0 Å². The summed E-state index contributed by atoms with van der Waals surface area (Å²) in [5.41, 5.74) is 3.78. The molecule has 0 bridgehead atoms. The first kappa shape index (κ1) is 19.8. The van der Waals surface area contributed by atoms with Gasteiger partial charge in [-0.25, -0.2) is 0 Å². The van der Waals surface area contributed by atoms with Crippen molar-refractivity contribution in [2.75, 3.05) is 5.32 Å². The fourth-order valence-corrected chi connectivity index (χ4v) is 5.38. The Bertz CT molecular complexity index is 1150. The zero-order valence-electron chi connectivity index (χ0n) is 17.3. The summed E-state index contributed by atoms with van der Waals surface area (Å²) in [7, 11) is 0. The normalized spacial score (nSPS) is 17.2. The smallest absolute Gasteiger partial charge is 0.279 e. The van der Waals surface area contributed by atoms with E-state index in [1.54, 1.807) is 18.3 Å². The molecule has 0 unspecified atom stereocenters. The molecule has 0 radical (unpaired) electrons. The van der Waals surface area contributed by atoms with Gasteiger partial charge in [-0.15, -0.1) is 16.4 Å². The molecule has 7 heteroatoms. The number of carbonyl (C=O) groups excluding carboxylic acids is 1. The van der Waals surface area contributed by atoms with E-state index in [0.717, 1.165) is 48.1 Å². The van der Waals surface area contributed by atoms with Gasteiger partial charge in [-0.3, -0.25) is 9.59 Å². The summed E-state index contributed by atoms with van der Waals surface area (Å²) in [5, 5.41) is 12.0. The molecule has 2 heterocycles. The maximum atomic E-state index is 13.2. The molecule has 6 nitrogen and oxygen atoms in total. The molecule has 4 rings (SSSR count). The number of carbonyl (C=O) groups is 1. The van der Waals surface area contributed by atoms with Crippen LogP contribution in [0.3, 0.4) is 0 Å². The molecule has 0 saturated carbocycles. The fraction of sp³-hybridized carbons (Fsp3) is 0.455. The van der Waals surface area contributed by atoms with Gasteiger partial charge in [0.15, 0.2) is 4.83 Å². The van der Waals surface area contributed by atoms with Gasteiger partial charge in [0, 0.05) is 10.6 Å². The molecule has 1 aromatic carbocycles. The van der Waals surface area contributed by atoms with E-state index in [2.05, 4.69) is 29.5 Å². The molecule has 29 heavy (non-hydrogen) atoms. The van der Waals surface area contributed by atoms with Crippen LogP contribution in [0.5, 0.6) is 0 Å². The summed E-state index contributed by atoms with van der Waals surface area (Å²) >= 11 is 1.57. The van der Waals surface area contributed by atoms with Crippen LogP contribution in [0, 0.1) is 12.8 Å². The molecule has 0 aliphatic heterocycles. The van der Waals surface area contributed by atoms with Crippen molar-refractivity contribution in [2.24, 2.45) is 5.92 Å². The highest BCUT2D eigenvalue weighted by atomic mass is 32.1. The zero-order valence-corrected chi connectivity index (χ0v) is 18.1. The second kappa shape index (κ2) is 7.71. The van der Waals surface area contributed by atoms with E-state index in [4.69, 9.17) is 0 Å². The highest BCUT2D eigenvalue weighted by Crippen LogP contribution is 2.35. The Morgan fingerprint density at radius 3 is 2.97 bits per heavy atom. The van der Waals surface area contributed by atoms with Gasteiger partial charge in [0.25, 0.3) is 5.56 Å². The summed E-state index contributed by atoms with van der Waals surface area (Å²) in [6.07, 6.45) is 3.76. The predicted molar refractivity (Wildman–Crippen MR) is 117 cm³/mol. The zero-order chi connectivity index (χ0) is 20.7. The molecule has 1 aliphatic rings. The van der Waals surface area contributed by atoms with Crippen LogP contribution in [0.4, 0.5) is 5.69 Å². The first-order chi connectivity index (χ1) is 13.9. The molecule has 2 aromatic heterocycles. The van der Waals surface area contributed by atoms with Gasteiger partial charge in [-0.05, 0) is 62.1 Å². The minimum Gasteiger partial charge on any atom is -0.324 e. The highest BCUT2D eigenvalue weighted by Gasteiger charge is 2.26. The number of anilines is 1. The number of fused-ring (bicyclic) bond motifs is 3. The van der Waals surface area contributed by atoms with Crippen molar-refractivity contribution in [3.63, 3.8) is 0 Å².